The van der Waals surface area contributed by atoms with Crippen molar-refractivity contribution in [2.45, 2.75) is 51.2 Å². The van der Waals surface area contributed by atoms with Gasteiger partial charge < -0.3 is 14.6 Å². The van der Waals surface area contributed by atoms with Crippen molar-refractivity contribution in [3.63, 3.8) is 0 Å². The molecule has 1 aromatic rings. The zero-order valence-electron chi connectivity index (χ0n) is 13.3. The van der Waals surface area contributed by atoms with E-state index < -0.39 is 17.1 Å². The summed E-state index contributed by atoms with van der Waals surface area (Å²) in [6, 6.07) is 0. The van der Waals surface area contributed by atoms with Crippen molar-refractivity contribution in [1.29, 1.82) is 0 Å². The minimum absolute atomic E-state index is 0.0276. The van der Waals surface area contributed by atoms with E-state index in [0.717, 1.165) is 0 Å². The summed E-state index contributed by atoms with van der Waals surface area (Å²) >= 11 is 0. The number of esters is 1. The molecule has 1 N–H and O–H groups in total. The maximum atomic E-state index is 12.3. The third kappa shape index (κ3) is 3.35. The van der Waals surface area contributed by atoms with E-state index in [1.807, 2.05) is 0 Å². The molecule has 2 rings (SSSR count). The number of hydrogen-bond acceptors (Lipinski definition) is 5. The second-order valence-corrected chi connectivity index (χ2v) is 6.56. The van der Waals surface area contributed by atoms with Crippen molar-refractivity contribution >= 4 is 17.7 Å². The van der Waals surface area contributed by atoms with Crippen LogP contribution in [0.25, 0.3) is 0 Å². The molecule has 0 bridgehead atoms. The fraction of sp³-hybridized carbons (Fsp3) is 0.600. The van der Waals surface area contributed by atoms with E-state index in [1.54, 1.807) is 44.9 Å². The van der Waals surface area contributed by atoms with Crippen molar-refractivity contribution in [2.24, 2.45) is 7.05 Å². The second-order valence-electron chi connectivity index (χ2n) is 6.56. The Hall–Kier alpha value is -2.18. The maximum Gasteiger partial charge on any atom is 0.306 e. The van der Waals surface area contributed by atoms with Gasteiger partial charge in [-0.1, -0.05) is 0 Å². The molecule has 0 saturated carbocycles. The second kappa shape index (κ2) is 5.55. The number of carbonyl (C=O) groups is 3. The van der Waals surface area contributed by atoms with Crippen LogP contribution in [0.4, 0.5) is 0 Å². The lowest BCUT2D eigenvalue weighted by Crippen LogP contribution is -2.44. The number of hydrogen-bond donors (Lipinski definition) is 1. The highest BCUT2D eigenvalue weighted by atomic mass is 16.6. The number of nitrogens with zero attached hydrogens (tertiary/aromatic N) is 2. The molecule has 0 radical (unpaired) electrons. The lowest BCUT2D eigenvalue weighted by atomic mass is 9.87. The van der Waals surface area contributed by atoms with Crippen molar-refractivity contribution in [3.05, 3.63) is 18.2 Å². The van der Waals surface area contributed by atoms with Gasteiger partial charge in [-0.2, -0.15) is 0 Å². The van der Waals surface area contributed by atoms with E-state index in [-0.39, 0.29) is 31.0 Å². The first kappa shape index (κ1) is 16.2. The Morgan fingerprint density at radius 2 is 2.14 bits per heavy atom. The van der Waals surface area contributed by atoms with Crippen LogP contribution < -0.4 is 5.32 Å². The van der Waals surface area contributed by atoms with Gasteiger partial charge in [0.25, 0.3) is 0 Å². The van der Waals surface area contributed by atoms with E-state index in [4.69, 9.17) is 4.74 Å². The SMILES string of the molecule is Cn1cnc(C2(CCC(=O)OC(C)(C)C)NC(=O)CC2=O)c1. The van der Waals surface area contributed by atoms with Gasteiger partial charge in [0.2, 0.25) is 5.91 Å². The molecule has 1 aliphatic rings. The minimum atomic E-state index is -1.23. The first-order valence-corrected chi connectivity index (χ1v) is 7.17. The van der Waals surface area contributed by atoms with E-state index in [2.05, 4.69) is 10.3 Å². The Balaban J connectivity index is 2.19. The fourth-order valence-corrected chi connectivity index (χ4v) is 2.50. The molecule has 1 saturated heterocycles. The molecule has 1 fully saturated rings. The van der Waals surface area contributed by atoms with Crippen LogP contribution in [0, 0.1) is 0 Å². The minimum Gasteiger partial charge on any atom is -0.460 e. The monoisotopic (exact) mass is 307 g/mol. The summed E-state index contributed by atoms with van der Waals surface area (Å²) in [6.45, 7) is 5.34. The zero-order chi connectivity index (χ0) is 16.5. The Labute approximate surface area is 129 Å². The molecule has 1 amide bonds. The number of carbonyl (C=O) groups excluding carboxylic acids is 3. The predicted octanol–water partition coefficient (Wildman–Crippen LogP) is 0.826. The number of Topliss-reactive ketones (excluding diaryl/α,β-unsaturated/α-hetero) is 1. The van der Waals surface area contributed by atoms with Gasteiger partial charge in [-0.25, -0.2) is 4.98 Å². The van der Waals surface area contributed by atoms with E-state index in [1.165, 1.54) is 0 Å². The van der Waals surface area contributed by atoms with Gasteiger partial charge in [-0.3, -0.25) is 14.4 Å². The summed E-state index contributed by atoms with van der Waals surface area (Å²) in [6.07, 6.45) is 3.22. The van der Waals surface area contributed by atoms with E-state index in [9.17, 15) is 14.4 Å². The highest BCUT2D eigenvalue weighted by molar-refractivity contribution is 6.10. The zero-order valence-corrected chi connectivity index (χ0v) is 13.3. The lowest BCUT2D eigenvalue weighted by molar-refractivity contribution is -0.155. The van der Waals surface area contributed by atoms with Gasteiger partial charge >= 0.3 is 5.97 Å². The van der Waals surface area contributed by atoms with Gasteiger partial charge in [-0.05, 0) is 27.2 Å². The third-order valence-corrected chi connectivity index (χ3v) is 3.42. The summed E-state index contributed by atoms with van der Waals surface area (Å²) in [5.41, 5.74) is -1.36. The Bertz CT molecular complexity index is 615. The molecule has 22 heavy (non-hydrogen) atoms. The maximum absolute atomic E-state index is 12.3. The summed E-state index contributed by atoms with van der Waals surface area (Å²) in [4.78, 5) is 40.1. The predicted molar refractivity (Wildman–Crippen MR) is 77.7 cm³/mol. The number of aromatic nitrogens is 2. The molecule has 7 heteroatoms. The van der Waals surface area contributed by atoms with Crippen molar-refractivity contribution in [3.8, 4) is 0 Å². The summed E-state index contributed by atoms with van der Waals surface area (Å²) in [5, 5.41) is 2.69. The molecule has 7 nitrogen and oxygen atoms in total. The number of aryl methyl sites for hydroxylation is 1. The van der Waals surface area contributed by atoms with Crippen LogP contribution in [0.1, 0.15) is 45.7 Å². The molecule has 0 aliphatic carbocycles. The number of ketones is 1. The topological polar surface area (TPSA) is 90.3 Å². The average molecular weight is 307 g/mol. The molecular formula is C15H21N3O4. The standard InChI is InChI=1S/C15H21N3O4/c1-14(2,3)22-13(21)5-6-15(10-8-18(4)9-16-10)11(19)7-12(20)17-15/h8-9H,5-7H2,1-4H3,(H,17,20). The lowest BCUT2D eigenvalue weighted by Gasteiger charge is -2.26. The van der Waals surface area contributed by atoms with E-state index >= 15 is 0 Å². The van der Waals surface area contributed by atoms with Crippen LogP contribution >= 0.6 is 0 Å². The van der Waals surface area contributed by atoms with Gasteiger partial charge in [-0.15, -0.1) is 0 Å². The first-order chi connectivity index (χ1) is 10.1. The molecule has 1 unspecified atom stereocenters. The van der Waals surface area contributed by atoms with Crippen LogP contribution in [-0.4, -0.2) is 32.8 Å². The van der Waals surface area contributed by atoms with Gasteiger partial charge in [0, 0.05) is 19.7 Å². The smallest absolute Gasteiger partial charge is 0.306 e. The fourth-order valence-electron chi connectivity index (χ4n) is 2.50. The average Bonchev–Trinajstić information content (AvgIpc) is 2.90. The number of amides is 1. The molecule has 120 valence electrons. The number of ether oxygens (including phenoxy) is 1. The van der Waals surface area contributed by atoms with Crippen LogP contribution in [-0.2, 0) is 31.7 Å². The summed E-state index contributed by atoms with van der Waals surface area (Å²) in [7, 11) is 1.78. The number of nitrogens with one attached hydrogen (secondary N) is 1. The summed E-state index contributed by atoms with van der Waals surface area (Å²) in [5.74, 6) is -1.02. The van der Waals surface area contributed by atoms with Crippen molar-refractivity contribution in [2.75, 3.05) is 0 Å². The molecule has 0 aromatic carbocycles. The Morgan fingerprint density at radius 1 is 1.45 bits per heavy atom. The van der Waals surface area contributed by atoms with Gasteiger partial charge in [0.05, 0.1) is 18.4 Å². The van der Waals surface area contributed by atoms with Gasteiger partial charge in [0.1, 0.15) is 11.1 Å². The summed E-state index contributed by atoms with van der Waals surface area (Å²) < 4.78 is 6.95. The Morgan fingerprint density at radius 3 is 2.59 bits per heavy atom. The van der Waals surface area contributed by atoms with Crippen LogP contribution in [0.5, 0.6) is 0 Å². The quantitative estimate of drug-likeness (QED) is 0.657. The van der Waals surface area contributed by atoms with Crippen LogP contribution in [0.2, 0.25) is 0 Å². The van der Waals surface area contributed by atoms with E-state index in [0.29, 0.717) is 5.69 Å². The molecular weight excluding hydrogens is 286 g/mol. The van der Waals surface area contributed by atoms with Crippen LogP contribution in [0.15, 0.2) is 12.5 Å². The highest BCUT2D eigenvalue weighted by Gasteiger charge is 2.49. The third-order valence-electron chi connectivity index (χ3n) is 3.42. The number of rotatable bonds is 4. The molecule has 1 atom stereocenters. The first-order valence-electron chi connectivity index (χ1n) is 7.17. The highest BCUT2D eigenvalue weighted by Crippen LogP contribution is 2.32. The Kier molecular flexibility index (Phi) is 4.08. The van der Waals surface area contributed by atoms with Crippen LogP contribution in [0.3, 0.4) is 0 Å². The largest absolute Gasteiger partial charge is 0.460 e. The molecule has 2 heterocycles. The molecule has 1 aliphatic heterocycles. The van der Waals surface area contributed by atoms with Crippen molar-refractivity contribution < 1.29 is 19.1 Å². The molecule has 0 spiro atoms. The number of imidazole rings is 1. The molecule has 1 aromatic heterocycles. The van der Waals surface area contributed by atoms with Gasteiger partial charge in [0.15, 0.2) is 5.78 Å². The normalized spacial score (nSPS) is 21.8. The van der Waals surface area contributed by atoms with Crippen molar-refractivity contribution in [1.82, 2.24) is 14.9 Å².